The van der Waals surface area contributed by atoms with Gasteiger partial charge in [-0.15, -0.1) is 0 Å². The number of oxazole rings is 1. The molecule has 0 bridgehead atoms. The number of alkyl halides is 2. The van der Waals surface area contributed by atoms with Crippen molar-refractivity contribution in [1.29, 1.82) is 0 Å². The molecule has 1 aromatic heterocycles. The number of aliphatic imine (C=N–C) groups is 1. The first-order valence-electron chi connectivity index (χ1n) is 9.83. The van der Waals surface area contributed by atoms with Crippen molar-refractivity contribution in [1.82, 2.24) is 15.6 Å². The van der Waals surface area contributed by atoms with E-state index < -0.39 is 6.61 Å². The van der Waals surface area contributed by atoms with Gasteiger partial charge in [0.05, 0.1) is 19.3 Å². The maximum atomic E-state index is 12.8. The number of guanidine groups is 1. The molecule has 7 nitrogen and oxygen atoms in total. The van der Waals surface area contributed by atoms with Crippen LogP contribution in [0.4, 0.5) is 8.78 Å². The second-order valence-electron chi connectivity index (χ2n) is 7.64. The minimum absolute atomic E-state index is 0.0593. The summed E-state index contributed by atoms with van der Waals surface area (Å²) >= 11 is 0. The lowest BCUT2D eigenvalue weighted by Crippen LogP contribution is -2.36. The number of rotatable bonds is 9. The summed E-state index contributed by atoms with van der Waals surface area (Å²) in [5.74, 6) is 2.34. The van der Waals surface area contributed by atoms with E-state index >= 15 is 0 Å². The maximum Gasteiger partial charge on any atom is 0.387 e. The average Bonchev–Trinajstić information content (AvgIpc) is 3.16. The van der Waals surface area contributed by atoms with Crippen LogP contribution in [0.5, 0.6) is 11.5 Å². The molecule has 1 heterocycles. The van der Waals surface area contributed by atoms with Gasteiger partial charge in [-0.1, -0.05) is 27.7 Å². The Labute approximate surface area is 175 Å². The topological polar surface area (TPSA) is 80.9 Å². The molecule has 0 amide bonds. The molecule has 1 aromatic carbocycles. The van der Waals surface area contributed by atoms with Gasteiger partial charge in [0, 0.05) is 30.6 Å². The van der Waals surface area contributed by atoms with Crippen molar-refractivity contribution >= 4 is 5.96 Å². The zero-order chi connectivity index (χ0) is 22.1. The van der Waals surface area contributed by atoms with Crippen LogP contribution >= 0.6 is 0 Å². The fourth-order valence-corrected chi connectivity index (χ4v) is 2.49. The van der Waals surface area contributed by atoms with Crippen LogP contribution in [0.2, 0.25) is 0 Å². The molecular formula is C21H30F2N4O3. The number of hydrogen-bond acceptors (Lipinski definition) is 5. The predicted molar refractivity (Wildman–Crippen MR) is 111 cm³/mol. The summed E-state index contributed by atoms with van der Waals surface area (Å²) < 4.78 is 41.5. The first-order chi connectivity index (χ1) is 14.2. The molecular weight excluding hydrogens is 394 g/mol. The van der Waals surface area contributed by atoms with Gasteiger partial charge in [-0.3, -0.25) is 4.99 Å². The second-order valence-corrected chi connectivity index (χ2v) is 7.64. The number of nitrogens with one attached hydrogen (secondary N) is 2. The Kier molecular flexibility index (Phi) is 8.44. The van der Waals surface area contributed by atoms with Gasteiger partial charge >= 0.3 is 6.61 Å². The molecule has 9 heteroatoms. The van der Waals surface area contributed by atoms with E-state index in [-0.39, 0.29) is 17.7 Å². The van der Waals surface area contributed by atoms with E-state index in [1.165, 1.54) is 6.07 Å². The largest absolute Gasteiger partial charge is 0.493 e. The van der Waals surface area contributed by atoms with Gasteiger partial charge in [-0.25, -0.2) is 4.98 Å². The Bertz CT molecular complexity index is 832. The Balaban J connectivity index is 1.98. The van der Waals surface area contributed by atoms with E-state index in [1.807, 2.05) is 27.7 Å². The van der Waals surface area contributed by atoms with E-state index in [0.29, 0.717) is 36.3 Å². The van der Waals surface area contributed by atoms with Gasteiger partial charge in [-0.05, 0) is 18.6 Å². The molecule has 0 saturated heterocycles. The van der Waals surface area contributed by atoms with Crippen LogP contribution in [0.25, 0.3) is 0 Å². The lowest BCUT2D eigenvalue weighted by Gasteiger charge is -2.15. The van der Waals surface area contributed by atoms with Gasteiger partial charge in [0.1, 0.15) is 17.3 Å². The molecule has 0 atom stereocenters. The molecule has 0 saturated carbocycles. The highest BCUT2D eigenvalue weighted by Crippen LogP contribution is 2.27. The van der Waals surface area contributed by atoms with Crippen LogP contribution in [0.15, 0.2) is 33.8 Å². The summed E-state index contributed by atoms with van der Waals surface area (Å²) in [6.07, 6.45) is 2.53. The Morgan fingerprint density at radius 1 is 1.23 bits per heavy atom. The molecule has 0 unspecified atom stereocenters. The highest BCUT2D eigenvalue weighted by molar-refractivity contribution is 5.79. The molecule has 0 radical (unpaired) electrons. The summed E-state index contributed by atoms with van der Waals surface area (Å²) in [4.78, 5) is 8.39. The third-order valence-electron chi connectivity index (χ3n) is 4.10. The van der Waals surface area contributed by atoms with Crippen LogP contribution in [-0.4, -0.2) is 31.2 Å². The molecule has 166 valence electrons. The summed E-state index contributed by atoms with van der Waals surface area (Å²) in [5, 5.41) is 6.16. The summed E-state index contributed by atoms with van der Waals surface area (Å²) in [6, 6.07) is 4.88. The number of benzene rings is 1. The third-order valence-corrected chi connectivity index (χ3v) is 4.10. The van der Waals surface area contributed by atoms with Gasteiger partial charge in [-0.2, -0.15) is 8.78 Å². The molecule has 2 N–H and O–H groups in total. The van der Waals surface area contributed by atoms with E-state index in [0.717, 1.165) is 12.2 Å². The average molecular weight is 424 g/mol. The first kappa shape index (κ1) is 23.4. The quantitative estimate of drug-likeness (QED) is 0.463. The van der Waals surface area contributed by atoms with Crippen molar-refractivity contribution < 1.29 is 22.7 Å². The van der Waals surface area contributed by atoms with E-state index in [4.69, 9.17) is 9.15 Å². The van der Waals surface area contributed by atoms with Crippen molar-refractivity contribution in [3.63, 3.8) is 0 Å². The van der Waals surface area contributed by atoms with E-state index in [1.54, 1.807) is 25.4 Å². The molecule has 0 spiro atoms. The van der Waals surface area contributed by atoms with Gasteiger partial charge in [0.2, 0.25) is 5.89 Å². The van der Waals surface area contributed by atoms with Crippen molar-refractivity contribution in [2.24, 2.45) is 4.99 Å². The Morgan fingerprint density at radius 3 is 2.57 bits per heavy atom. The van der Waals surface area contributed by atoms with Crippen LogP contribution in [0.1, 0.15) is 51.3 Å². The minimum Gasteiger partial charge on any atom is -0.493 e. The lowest BCUT2D eigenvalue weighted by molar-refractivity contribution is -0.0505. The van der Waals surface area contributed by atoms with Gasteiger partial charge < -0.3 is 24.5 Å². The molecule has 0 aliphatic carbocycles. The normalized spacial score (nSPS) is 12.2. The van der Waals surface area contributed by atoms with Gasteiger partial charge in [0.25, 0.3) is 0 Å². The smallest absolute Gasteiger partial charge is 0.387 e. The maximum absolute atomic E-state index is 12.8. The number of halogens is 2. The van der Waals surface area contributed by atoms with Crippen molar-refractivity contribution in [3.05, 3.63) is 41.6 Å². The lowest BCUT2D eigenvalue weighted by atomic mass is 9.94. The fourth-order valence-electron chi connectivity index (χ4n) is 2.49. The Hall–Kier alpha value is -2.84. The highest BCUT2D eigenvalue weighted by atomic mass is 19.3. The van der Waals surface area contributed by atoms with Gasteiger partial charge in [0.15, 0.2) is 5.96 Å². The molecule has 0 fully saturated rings. The standard InChI is InChI=1S/C21H30F2N4O3/c1-6-9-28-15-8-7-14(16(10-15)29-19(22)23)11-26-20(24-5)27-13-18-25-12-17(30-18)21(2,3)4/h7-8,10,12,19H,6,9,11,13H2,1-5H3,(H2,24,26,27). The molecule has 2 aromatic rings. The van der Waals surface area contributed by atoms with Crippen molar-refractivity contribution in [2.75, 3.05) is 13.7 Å². The highest BCUT2D eigenvalue weighted by Gasteiger charge is 2.19. The second kappa shape index (κ2) is 10.8. The van der Waals surface area contributed by atoms with E-state index in [9.17, 15) is 8.78 Å². The summed E-state index contributed by atoms with van der Waals surface area (Å²) in [5.41, 5.74) is 0.424. The fraction of sp³-hybridized carbons (Fsp3) is 0.524. The monoisotopic (exact) mass is 424 g/mol. The predicted octanol–water partition coefficient (Wildman–Crippen LogP) is 4.23. The third kappa shape index (κ3) is 7.20. The van der Waals surface area contributed by atoms with Crippen molar-refractivity contribution in [2.45, 2.75) is 59.2 Å². The van der Waals surface area contributed by atoms with Crippen LogP contribution in [0, 0.1) is 0 Å². The summed E-state index contributed by atoms with van der Waals surface area (Å²) in [7, 11) is 1.61. The van der Waals surface area contributed by atoms with Crippen molar-refractivity contribution in [3.8, 4) is 11.5 Å². The van der Waals surface area contributed by atoms with Crippen LogP contribution < -0.4 is 20.1 Å². The number of hydrogen-bond donors (Lipinski definition) is 2. The zero-order valence-corrected chi connectivity index (χ0v) is 18.1. The Morgan fingerprint density at radius 2 is 1.97 bits per heavy atom. The zero-order valence-electron chi connectivity index (χ0n) is 18.1. The SMILES string of the molecule is CCCOc1ccc(CNC(=NC)NCc2ncc(C(C)(C)C)o2)c(OC(F)F)c1. The first-order valence-corrected chi connectivity index (χ1v) is 9.83. The van der Waals surface area contributed by atoms with Crippen LogP contribution in [0.3, 0.4) is 0 Å². The summed E-state index contributed by atoms with van der Waals surface area (Å²) in [6.45, 7) is 6.24. The minimum atomic E-state index is -2.93. The van der Waals surface area contributed by atoms with E-state index in [2.05, 4.69) is 25.3 Å². The number of ether oxygens (including phenoxy) is 2. The molecule has 0 aliphatic heterocycles. The molecule has 0 aliphatic rings. The molecule has 2 rings (SSSR count). The number of nitrogens with zero attached hydrogens (tertiary/aromatic N) is 2. The number of aromatic nitrogens is 1. The van der Waals surface area contributed by atoms with Crippen LogP contribution in [-0.2, 0) is 18.5 Å². The molecule has 30 heavy (non-hydrogen) atoms.